The summed E-state index contributed by atoms with van der Waals surface area (Å²) in [6, 6.07) is 1.00. The van der Waals surface area contributed by atoms with Crippen molar-refractivity contribution < 1.29 is 29.0 Å². The number of aliphatic hydroxyl groups excluding tert-OH is 1. The molecule has 0 aliphatic heterocycles. The first-order chi connectivity index (χ1) is 12.6. The van der Waals surface area contributed by atoms with Gasteiger partial charge in [0.25, 0.3) is 5.88 Å². The van der Waals surface area contributed by atoms with Crippen molar-refractivity contribution in [1.82, 2.24) is 4.98 Å². The normalized spacial score (nSPS) is 12.5. The minimum absolute atomic E-state index is 0.0666. The number of nitrogens with zero attached hydrogens (tertiary/aromatic N) is 3. The molecule has 1 N–H and O–H groups in total. The zero-order valence-corrected chi connectivity index (χ0v) is 16.1. The lowest BCUT2D eigenvalue weighted by molar-refractivity contribution is -0.386. The Kier molecular flexibility index (Phi) is 7.26. The van der Waals surface area contributed by atoms with Crippen molar-refractivity contribution in [2.75, 3.05) is 20.8 Å². The van der Waals surface area contributed by atoms with Crippen LogP contribution in [-0.2, 0) is 9.53 Å². The molecule has 0 spiro atoms. The van der Waals surface area contributed by atoms with Crippen LogP contribution in [0.4, 0.5) is 5.69 Å². The number of carbonyl (C=O) groups is 1. The van der Waals surface area contributed by atoms with Gasteiger partial charge in [0.2, 0.25) is 5.88 Å². The lowest BCUT2D eigenvalue weighted by Crippen LogP contribution is -2.15. The second-order valence-electron chi connectivity index (χ2n) is 6.24. The molecule has 27 heavy (non-hydrogen) atoms. The fraction of sp³-hybridized carbons (Fsp3) is 0.471. The molecule has 0 unspecified atom stereocenters. The van der Waals surface area contributed by atoms with Gasteiger partial charge < -0.3 is 19.3 Å². The highest BCUT2D eigenvalue weighted by molar-refractivity contribution is 6.15. The van der Waals surface area contributed by atoms with Crippen LogP contribution in [0, 0.1) is 10.1 Å². The van der Waals surface area contributed by atoms with E-state index in [1.807, 2.05) is 0 Å². The summed E-state index contributed by atoms with van der Waals surface area (Å²) < 4.78 is 14.9. The van der Waals surface area contributed by atoms with E-state index >= 15 is 0 Å². The third kappa shape index (κ3) is 5.66. The first-order valence-electron chi connectivity index (χ1n) is 7.99. The highest BCUT2D eigenvalue weighted by Gasteiger charge is 2.27. The summed E-state index contributed by atoms with van der Waals surface area (Å²) in [6.45, 7) is 7.06. The number of hydrogen-bond donors (Lipinski definition) is 1. The Morgan fingerprint density at radius 1 is 1.33 bits per heavy atom. The molecule has 1 aromatic heterocycles. The number of pyridine rings is 1. The summed E-state index contributed by atoms with van der Waals surface area (Å²) >= 11 is 0. The molecule has 0 amide bonds. The van der Waals surface area contributed by atoms with Gasteiger partial charge in [-0.05, 0) is 27.7 Å². The van der Waals surface area contributed by atoms with Crippen LogP contribution in [0.5, 0.6) is 11.8 Å². The Bertz CT molecular complexity index is 779. The van der Waals surface area contributed by atoms with Crippen molar-refractivity contribution in [2.24, 2.45) is 4.99 Å². The van der Waals surface area contributed by atoms with Crippen molar-refractivity contribution in [3.63, 3.8) is 0 Å². The summed E-state index contributed by atoms with van der Waals surface area (Å²) in [7, 11) is 2.47. The number of aliphatic imine (C=N–C) groups is 1. The molecule has 0 aliphatic rings. The molecule has 0 aromatic carbocycles. The van der Waals surface area contributed by atoms with Crippen LogP contribution in [0.15, 0.2) is 16.6 Å². The monoisotopic (exact) mass is 381 g/mol. The quantitative estimate of drug-likeness (QED) is 0.190. The number of carbonyl (C=O) groups excluding carboxylic acids is 1. The molecule has 0 atom stereocenters. The number of ether oxygens (including phenoxy) is 3. The van der Waals surface area contributed by atoms with E-state index in [1.165, 1.54) is 14.2 Å². The second kappa shape index (κ2) is 8.97. The van der Waals surface area contributed by atoms with E-state index in [9.17, 15) is 20.0 Å². The predicted octanol–water partition coefficient (Wildman–Crippen LogP) is 2.71. The van der Waals surface area contributed by atoms with E-state index in [1.54, 1.807) is 27.7 Å². The van der Waals surface area contributed by atoms with Gasteiger partial charge in [-0.1, -0.05) is 0 Å². The van der Waals surface area contributed by atoms with Crippen LogP contribution in [0.2, 0.25) is 0 Å². The molecule has 1 aromatic rings. The average molecular weight is 381 g/mol. The highest BCUT2D eigenvalue weighted by atomic mass is 16.6. The van der Waals surface area contributed by atoms with Gasteiger partial charge in [-0.2, -0.15) is 4.98 Å². The van der Waals surface area contributed by atoms with Gasteiger partial charge >= 0.3 is 11.7 Å². The lowest BCUT2D eigenvalue weighted by atomic mass is 10.1. The molecule has 10 nitrogen and oxygen atoms in total. The highest BCUT2D eigenvalue weighted by Crippen LogP contribution is 2.34. The van der Waals surface area contributed by atoms with E-state index < -0.39 is 27.9 Å². The smallest absolute Gasteiger partial charge is 0.343 e. The fourth-order valence-electron chi connectivity index (χ4n) is 1.90. The molecular weight excluding hydrogens is 358 g/mol. The second-order valence-corrected chi connectivity index (χ2v) is 6.24. The number of nitro groups is 1. The maximum absolute atomic E-state index is 12.3. The zero-order chi connectivity index (χ0) is 20.8. The van der Waals surface area contributed by atoms with Crippen molar-refractivity contribution in [3.8, 4) is 11.8 Å². The molecule has 0 bridgehead atoms. The van der Waals surface area contributed by atoms with Crippen LogP contribution >= 0.6 is 0 Å². The number of aromatic nitrogens is 1. The Hall–Kier alpha value is -3.17. The van der Waals surface area contributed by atoms with Crippen LogP contribution in [-0.4, -0.2) is 53.6 Å². The topological polar surface area (TPSA) is 133 Å². The minimum atomic E-state index is -0.844. The molecule has 0 radical (unpaired) electrons. The van der Waals surface area contributed by atoms with Gasteiger partial charge in [-0.25, -0.2) is 4.79 Å². The first kappa shape index (κ1) is 21.9. The molecule has 148 valence electrons. The molecule has 1 rings (SSSR count). The average Bonchev–Trinajstić information content (AvgIpc) is 2.59. The van der Waals surface area contributed by atoms with Crippen LogP contribution in [0.3, 0.4) is 0 Å². The summed E-state index contributed by atoms with van der Waals surface area (Å²) in [5.41, 5.74) is -1.50. The van der Waals surface area contributed by atoms with Crippen LogP contribution in [0.25, 0.3) is 5.76 Å². The Labute approximate surface area is 156 Å². The SMILES string of the molecule is CCOC(=O)/C(C=NC(C)(C)C)=C(/O)c1cc([N+](=O)[O-])c(OC)nc1OC. The number of hydrogen-bond acceptors (Lipinski definition) is 9. The molecule has 1 heterocycles. The molecular formula is C17H23N3O7. The summed E-state index contributed by atoms with van der Waals surface area (Å²) in [5, 5.41) is 21.9. The third-order valence-corrected chi connectivity index (χ3v) is 3.10. The van der Waals surface area contributed by atoms with E-state index in [0.29, 0.717) is 0 Å². The van der Waals surface area contributed by atoms with Crippen molar-refractivity contribution in [1.29, 1.82) is 0 Å². The largest absolute Gasteiger partial charge is 0.506 e. The predicted molar refractivity (Wildman–Crippen MR) is 98.4 cm³/mol. The first-order valence-corrected chi connectivity index (χ1v) is 7.99. The molecule has 0 saturated carbocycles. The molecule has 0 aliphatic carbocycles. The maximum atomic E-state index is 12.3. The molecule has 0 fully saturated rings. The Balaban J connectivity index is 3.72. The zero-order valence-electron chi connectivity index (χ0n) is 16.1. The van der Waals surface area contributed by atoms with E-state index in [-0.39, 0.29) is 29.5 Å². The Morgan fingerprint density at radius 3 is 2.37 bits per heavy atom. The summed E-state index contributed by atoms with van der Waals surface area (Å²) in [6.07, 6.45) is 1.16. The number of esters is 1. The number of methoxy groups -OCH3 is 2. The van der Waals surface area contributed by atoms with Gasteiger partial charge in [0.1, 0.15) is 11.3 Å². The van der Waals surface area contributed by atoms with Crippen molar-refractivity contribution in [2.45, 2.75) is 33.2 Å². The fourth-order valence-corrected chi connectivity index (χ4v) is 1.90. The third-order valence-electron chi connectivity index (χ3n) is 3.10. The maximum Gasteiger partial charge on any atom is 0.343 e. The molecule has 10 heteroatoms. The van der Waals surface area contributed by atoms with E-state index in [2.05, 4.69) is 9.98 Å². The van der Waals surface area contributed by atoms with Gasteiger partial charge in [0.05, 0.1) is 36.9 Å². The van der Waals surface area contributed by atoms with Crippen LogP contribution in [0.1, 0.15) is 33.3 Å². The summed E-state index contributed by atoms with van der Waals surface area (Å²) in [4.78, 5) is 30.8. The lowest BCUT2D eigenvalue weighted by Gasteiger charge is -2.14. The number of rotatable bonds is 7. The van der Waals surface area contributed by atoms with Gasteiger partial charge in [0, 0.05) is 12.3 Å². The minimum Gasteiger partial charge on any atom is -0.506 e. The summed E-state index contributed by atoms with van der Waals surface area (Å²) in [5.74, 6) is -1.92. The van der Waals surface area contributed by atoms with Crippen molar-refractivity contribution >= 4 is 23.6 Å². The standard InChI is InChI=1S/C17H23N3O7/c1-7-27-16(22)11(9-18-17(2,3)4)13(21)10-8-12(20(23)24)15(26-6)19-14(10)25-5/h8-9,21H,7H2,1-6H3/b13-11+,18-9?. The number of aliphatic hydroxyl groups is 1. The Morgan fingerprint density at radius 2 is 1.93 bits per heavy atom. The van der Waals surface area contributed by atoms with Crippen molar-refractivity contribution in [3.05, 3.63) is 27.3 Å². The molecule has 0 saturated heterocycles. The van der Waals surface area contributed by atoms with Gasteiger partial charge in [-0.3, -0.25) is 15.1 Å². The van der Waals surface area contributed by atoms with Crippen LogP contribution < -0.4 is 9.47 Å². The van der Waals surface area contributed by atoms with Gasteiger partial charge in [0.15, 0.2) is 0 Å². The van der Waals surface area contributed by atoms with Gasteiger partial charge in [-0.15, -0.1) is 0 Å². The van der Waals surface area contributed by atoms with E-state index in [4.69, 9.17) is 14.2 Å². The van der Waals surface area contributed by atoms with E-state index in [0.717, 1.165) is 12.3 Å².